The van der Waals surface area contributed by atoms with E-state index in [0.717, 1.165) is 62.9 Å². The number of unbranched alkanes of at least 4 members (excludes halogenated alkanes) is 1. The van der Waals surface area contributed by atoms with E-state index in [-0.39, 0.29) is 5.78 Å². The zero-order valence-electron chi connectivity index (χ0n) is 24.5. The molecule has 1 fully saturated rings. The van der Waals surface area contributed by atoms with Crippen molar-refractivity contribution in [1.29, 1.82) is 0 Å². The molecule has 2 aromatic heterocycles. The minimum Gasteiger partial charge on any atom is -0.461 e. The molecule has 0 radical (unpaired) electrons. The molecule has 0 atom stereocenters. The quantitative estimate of drug-likeness (QED) is 0.117. The van der Waals surface area contributed by atoms with Crippen LogP contribution in [0.4, 0.5) is 17.6 Å². The molecule has 0 unspecified atom stereocenters. The average Bonchev–Trinajstić information content (AvgIpc) is 3.54. The van der Waals surface area contributed by atoms with Crippen LogP contribution in [0.1, 0.15) is 86.4 Å². The molecular weight excluding hydrogens is 514 g/mol. The Morgan fingerprint density at radius 2 is 1.78 bits per heavy atom. The monoisotopic (exact) mass is 561 g/mol. The van der Waals surface area contributed by atoms with Gasteiger partial charge in [0.15, 0.2) is 11.5 Å². The third kappa shape index (κ3) is 10.5. The van der Waals surface area contributed by atoms with E-state index < -0.39 is 0 Å². The number of hydrogen-bond donors (Lipinski definition) is 4. The van der Waals surface area contributed by atoms with Crippen molar-refractivity contribution in [3.8, 4) is 0 Å². The normalized spacial score (nSPS) is 13.8. The van der Waals surface area contributed by atoms with E-state index in [1.54, 1.807) is 18.2 Å². The van der Waals surface area contributed by atoms with Gasteiger partial charge < -0.3 is 31.0 Å². The lowest BCUT2D eigenvalue weighted by Crippen LogP contribution is -2.33. The first-order chi connectivity index (χ1) is 20.1. The number of nitrogens with two attached hydrogens (primary N) is 1. The van der Waals surface area contributed by atoms with E-state index in [1.807, 2.05) is 0 Å². The smallest absolute Gasteiger partial charge is 0.226 e. The largest absolute Gasteiger partial charge is 0.461 e. The van der Waals surface area contributed by atoms with E-state index in [2.05, 4.69) is 57.0 Å². The molecule has 0 saturated heterocycles. The van der Waals surface area contributed by atoms with Crippen LogP contribution >= 0.6 is 0 Å². The summed E-state index contributed by atoms with van der Waals surface area (Å²) >= 11 is 0. The number of carbonyl (C=O) groups is 1. The molecule has 5 N–H and O–H groups in total. The van der Waals surface area contributed by atoms with Gasteiger partial charge in [0, 0.05) is 44.7 Å². The predicted octanol–water partition coefficient (Wildman–Crippen LogP) is 5.55. The number of nitrogens with one attached hydrogen (secondary N) is 3. The number of hydrogen-bond acceptors (Lipinski definition) is 9. The average molecular weight is 562 g/mol. The molecule has 2 heterocycles. The summed E-state index contributed by atoms with van der Waals surface area (Å²) in [5.74, 6) is 1.95. The Kier molecular flexibility index (Phi) is 12.5. The second kappa shape index (κ2) is 16.7. The number of nitrogens with zero attached hydrogens (tertiary/aromatic N) is 3. The summed E-state index contributed by atoms with van der Waals surface area (Å²) in [5, 5.41) is 10.6. The molecule has 0 amide bonds. The Balaban J connectivity index is 1.22. The first-order valence-electron chi connectivity index (χ1n) is 15.3. The topological polar surface area (TPSA) is 121 Å². The number of nitrogen functional groups attached to an aromatic ring is 1. The van der Waals surface area contributed by atoms with Gasteiger partial charge in [-0.3, -0.25) is 4.79 Å². The minimum absolute atomic E-state index is 0.0258. The number of aromatic nitrogens is 2. The van der Waals surface area contributed by atoms with Gasteiger partial charge in [0.05, 0.1) is 6.26 Å². The van der Waals surface area contributed by atoms with Crippen LogP contribution in [0.2, 0.25) is 0 Å². The molecule has 0 aliphatic heterocycles. The predicted molar refractivity (Wildman–Crippen MR) is 166 cm³/mol. The SMILES string of the molecule is CCCCN(CCC(=O)c1ccco1)c1cc(N)nc(NCc2ccc(CNCCCNC3CCCCC3)cc2)n1. The van der Waals surface area contributed by atoms with Gasteiger partial charge in [0.2, 0.25) is 5.95 Å². The molecule has 0 spiro atoms. The fraction of sp³-hybridized carbons (Fsp3) is 0.531. The van der Waals surface area contributed by atoms with Crippen molar-refractivity contribution in [3.05, 3.63) is 65.6 Å². The number of carbonyl (C=O) groups excluding carboxylic acids is 1. The van der Waals surface area contributed by atoms with E-state index in [4.69, 9.17) is 15.1 Å². The first-order valence-corrected chi connectivity index (χ1v) is 15.3. The summed E-state index contributed by atoms with van der Waals surface area (Å²) in [5.41, 5.74) is 8.57. The van der Waals surface area contributed by atoms with Gasteiger partial charge >= 0.3 is 0 Å². The van der Waals surface area contributed by atoms with Gasteiger partial charge in [-0.15, -0.1) is 0 Å². The van der Waals surface area contributed by atoms with E-state index >= 15 is 0 Å². The van der Waals surface area contributed by atoms with E-state index in [1.165, 1.54) is 43.9 Å². The molecule has 3 aromatic rings. The fourth-order valence-electron chi connectivity index (χ4n) is 5.20. The van der Waals surface area contributed by atoms with Crippen LogP contribution in [0.3, 0.4) is 0 Å². The maximum atomic E-state index is 12.5. The Morgan fingerprint density at radius 1 is 1.00 bits per heavy atom. The second-order valence-electron chi connectivity index (χ2n) is 11.0. The zero-order chi connectivity index (χ0) is 28.7. The summed E-state index contributed by atoms with van der Waals surface area (Å²) in [6, 6.07) is 14.5. The van der Waals surface area contributed by atoms with Crippen LogP contribution in [-0.2, 0) is 13.1 Å². The molecule has 4 rings (SSSR count). The third-order valence-corrected chi connectivity index (χ3v) is 7.61. The number of furan rings is 1. The molecule has 1 saturated carbocycles. The molecule has 0 bridgehead atoms. The maximum absolute atomic E-state index is 12.5. The van der Waals surface area contributed by atoms with Crippen LogP contribution in [-0.4, -0.2) is 48.0 Å². The number of rotatable bonds is 18. The Bertz CT molecular complexity index is 1160. The number of Topliss-reactive ketones (excluding diaryl/α,β-unsaturated/α-hetero) is 1. The lowest BCUT2D eigenvalue weighted by molar-refractivity contribution is 0.0958. The summed E-state index contributed by atoms with van der Waals surface area (Å²) < 4.78 is 5.26. The van der Waals surface area contributed by atoms with Crippen LogP contribution in [0.15, 0.2) is 53.1 Å². The fourth-order valence-corrected chi connectivity index (χ4v) is 5.20. The molecule has 222 valence electrons. The van der Waals surface area contributed by atoms with Crippen molar-refractivity contribution in [3.63, 3.8) is 0 Å². The lowest BCUT2D eigenvalue weighted by Gasteiger charge is -2.24. The van der Waals surface area contributed by atoms with Gasteiger partial charge in [-0.05, 0) is 62.0 Å². The standard InChI is InChI=1S/C32H47N7O2/c1-2-3-19-39(20-16-28(40)29-11-7-21-41-29)31-22-30(33)37-32(38-31)36-24-26-14-12-25(13-15-26)23-34-17-8-18-35-27-9-5-4-6-10-27/h7,11-15,21-22,27,34-35H,2-6,8-10,16-20,23-24H2,1H3,(H3,33,36,37,38). The highest BCUT2D eigenvalue weighted by molar-refractivity contribution is 5.93. The summed E-state index contributed by atoms with van der Waals surface area (Å²) in [6.45, 7) is 7.03. The number of benzene rings is 1. The molecule has 41 heavy (non-hydrogen) atoms. The Labute approximate surface area is 244 Å². The van der Waals surface area contributed by atoms with Crippen LogP contribution < -0.4 is 26.6 Å². The van der Waals surface area contributed by atoms with Gasteiger partial charge in [-0.2, -0.15) is 9.97 Å². The van der Waals surface area contributed by atoms with Gasteiger partial charge in [-0.1, -0.05) is 56.9 Å². The maximum Gasteiger partial charge on any atom is 0.226 e. The molecule has 9 heteroatoms. The van der Waals surface area contributed by atoms with Crippen molar-refractivity contribution in [2.75, 3.05) is 42.1 Å². The highest BCUT2D eigenvalue weighted by Gasteiger charge is 2.15. The van der Waals surface area contributed by atoms with Crippen molar-refractivity contribution in [2.24, 2.45) is 0 Å². The van der Waals surface area contributed by atoms with Gasteiger partial charge in [-0.25, -0.2) is 0 Å². The Hall–Kier alpha value is -3.43. The minimum atomic E-state index is -0.0258. The highest BCUT2D eigenvalue weighted by atomic mass is 16.3. The molecular formula is C32H47N7O2. The summed E-state index contributed by atoms with van der Waals surface area (Å²) in [7, 11) is 0. The van der Waals surface area contributed by atoms with Crippen LogP contribution in [0.5, 0.6) is 0 Å². The molecule has 1 aliphatic rings. The van der Waals surface area contributed by atoms with E-state index in [9.17, 15) is 4.79 Å². The summed E-state index contributed by atoms with van der Waals surface area (Å²) in [6.07, 6.45) is 11.9. The van der Waals surface area contributed by atoms with Gasteiger partial charge in [0.25, 0.3) is 0 Å². The van der Waals surface area contributed by atoms with Gasteiger partial charge in [0.1, 0.15) is 11.6 Å². The molecule has 1 aliphatic carbocycles. The number of anilines is 3. The van der Waals surface area contributed by atoms with E-state index in [0.29, 0.717) is 37.0 Å². The van der Waals surface area contributed by atoms with Crippen LogP contribution in [0, 0.1) is 0 Å². The number of ketones is 1. The third-order valence-electron chi connectivity index (χ3n) is 7.61. The molecule has 1 aromatic carbocycles. The summed E-state index contributed by atoms with van der Waals surface area (Å²) in [4.78, 5) is 23.7. The van der Waals surface area contributed by atoms with Crippen molar-refractivity contribution in [1.82, 2.24) is 20.6 Å². The Morgan fingerprint density at radius 3 is 2.51 bits per heavy atom. The van der Waals surface area contributed by atoms with Crippen molar-refractivity contribution < 1.29 is 9.21 Å². The molecule has 9 nitrogen and oxygen atoms in total. The first kappa shape index (κ1) is 30.5. The van der Waals surface area contributed by atoms with Crippen molar-refractivity contribution >= 4 is 23.4 Å². The van der Waals surface area contributed by atoms with Crippen LogP contribution in [0.25, 0.3) is 0 Å². The zero-order valence-corrected chi connectivity index (χ0v) is 24.5. The highest BCUT2D eigenvalue weighted by Crippen LogP contribution is 2.20. The lowest BCUT2D eigenvalue weighted by atomic mass is 9.95. The van der Waals surface area contributed by atoms with Crippen molar-refractivity contribution in [2.45, 2.75) is 83.8 Å². The second-order valence-corrected chi connectivity index (χ2v) is 11.0.